The van der Waals surface area contributed by atoms with Gasteiger partial charge < -0.3 is 5.32 Å². The van der Waals surface area contributed by atoms with Gasteiger partial charge in [-0.2, -0.15) is 5.10 Å². The van der Waals surface area contributed by atoms with E-state index in [1.807, 2.05) is 13.8 Å². The molecule has 0 aliphatic heterocycles. The Labute approximate surface area is 165 Å². The Morgan fingerprint density at radius 2 is 1.89 bits per heavy atom. The van der Waals surface area contributed by atoms with Gasteiger partial charge in [0.1, 0.15) is 5.82 Å². The standard InChI is InChI=1S/C23H28FN3O/c1-13-20(14(2)27(26-13)17-8-6-16(24)7-9-17)12-23(28)25-22-11-15-10-21(22)19-5-3-4-18(15)19/h6-9,15,18-19,21-22H,3-5,10-12H2,1-2H3,(H,25,28). The van der Waals surface area contributed by atoms with Crippen molar-refractivity contribution in [2.45, 2.75) is 58.4 Å². The summed E-state index contributed by atoms with van der Waals surface area (Å²) in [5.41, 5.74) is 3.60. The molecule has 3 saturated carbocycles. The van der Waals surface area contributed by atoms with Gasteiger partial charge in [0.2, 0.25) is 5.91 Å². The Morgan fingerprint density at radius 3 is 2.68 bits per heavy atom. The molecular formula is C23H28FN3O. The average Bonchev–Trinajstić information content (AvgIpc) is 3.41. The minimum Gasteiger partial charge on any atom is -0.353 e. The number of benzene rings is 1. The predicted octanol–water partition coefficient (Wildman–Crippen LogP) is 4.11. The van der Waals surface area contributed by atoms with E-state index in [0.29, 0.717) is 18.4 Å². The molecule has 3 aliphatic carbocycles. The highest BCUT2D eigenvalue weighted by atomic mass is 19.1. The summed E-state index contributed by atoms with van der Waals surface area (Å²) in [5, 5.41) is 7.95. The maximum absolute atomic E-state index is 13.2. The van der Waals surface area contributed by atoms with Crippen molar-refractivity contribution in [3.8, 4) is 5.69 Å². The highest BCUT2D eigenvalue weighted by molar-refractivity contribution is 5.79. The summed E-state index contributed by atoms with van der Waals surface area (Å²) in [6.07, 6.45) is 7.00. The zero-order valence-electron chi connectivity index (χ0n) is 16.6. The van der Waals surface area contributed by atoms with E-state index in [2.05, 4.69) is 10.4 Å². The first-order valence-corrected chi connectivity index (χ1v) is 10.6. The molecule has 1 aromatic carbocycles. The second-order valence-corrected chi connectivity index (χ2v) is 9.04. The van der Waals surface area contributed by atoms with Gasteiger partial charge in [-0.15, -0.1) is 0 Å². The monoisotopic (exact) mass is 381 g/mol. The highest BCUT2D eigenvalue weighted by Gasteiger charge is 2.53. The summed E-state index contributed by atoms with van der Waals surface area (Å²) >= 11 is 0. The molecule has 1 amide bonds. The predicted molar refractivity (Wildman–Crippen MR) is 106 cm³/mol. The molecule has 5 rings (SSSR count). The van der Waals surface area contributed by atoms with Crippen molar-refractivity contribution in [2.75, 3.05) is 0 Å². The molecule has 4 nitrogen and oxygen atoms in total. The van der Waals surface area contributed by atoms with E-state index in [1.165, 1.54) is 44.2 Å². The number of aryl methyl sites for hydroxylation is 1. The van der Waals surface area contributed by atoms with E-state index in [9.17, 15) is 9.18 Å². The fourth-order valence-electron chi connectivity index (χ4n) is 6.42. The number of amides is 1. The van der Waals surface area contributed by atoms with Gasteiger partial charge in [-0.25, -0.2) is 9.07 Å². The van der Waals surface area contributed by atoms with Gasteiger partial charge in [-0.3, -0.25) is 4.79 Å². The van der Waals surface area contributed by atoms with Crippen LogP contribution in [0.4, 0.5) is 4.39 Å². The van der Waals surface area contributed by atoms with Gasteiger partial charge in [-0.05, 0) is 87.5 Å². The molecule has 0 radical (unpaired) electrons. The Balaban J connectivity index is 1.29. The molecular weight excluding hydrogens is 353 g/mol. The topological polar surface area (TPSA) is 46.9 Å². The van der Waals surface area contributed by atoms with E-state index in [-0.39, 0.29) is 11.7 Å². The van der Waals surface area contributed by atoms with Crippen LogP contribution in [0.5, 0.6) is 0 Å². The summed E-state index contributed by atoms with van der Waals surface area (Å²) in [7, 11) is 0. The van der Waals surface area contributed by atoms with Crippen molar-refractivity contribution in [1.29, 1.82) is 0 Å². The van der Waals surface area contributed by atoms with Crippen LogP contribution >= 0.6 is 0 Å². The molecule has 0 spiro atoms. The zero-order chi connectivity index (χ0) is 19.4. The normalized spacial score (nSPS) is 30.6. The third kappa shape index (κ3) is 2.87. The summed E-state index contributed by atoms with van der Waals surface area (Å²) in [4.78, 5) is 12.8. The first-order chi connectivity index (χ1) is 13.5. The maximum Gasteiger partial charge on any atom is 0.224 e. The molecule has 2 bridgehead atoms. The second-order valence-electron chi connectivity index (χ2n) is 9.04. The summed E-state index contributed by atoms with van der Waals surface area (Å²) in [5.74, 6) is 3.18. The van der Waals surface area contributed by atoms with E-state index < -0.39 is 0 Å². The van der Waals surface area contributed by atoms with Crippen LogP contribution in [0.15, 0.2) is 24.3 Å². The summed E-state index contributed by atoms with van der Waals surface area (Å²) in [6.45, 7) is 3.92. The van der Waals surface area contributed by atoms with E-state index in [1.54, 1.807) is 16.8 Å². The lowest BCUT2D eigenvalue weighted by Crippen LogP contribution is -2.43. The van der Waals surface area contributed by atoms with Gasteiger partial charge in [0.15, 0.2) is 0 Å². The summed E-state index contributed by atoms with van der Waals surface area (Å²) < 4.78 is 15.0. The van der Waals surface area contributed by atoms with Crippen LogP contribution in [-0.4, -0.2) is 21.7 Å². The number of fused-ring (bicyclic) bond motifs is 5. The molecule has 1 N–H and O–H groups in total. The number of carbonyl (C=O) groups excluding carboxylic acids is 1. The fraction of sp³-hybridized carbons (Fsp3) is 0.565. The van der Waals surface area contributed by atoms with Crippen molar-refractivity contribution in [3.63, 3.8) is 0 Å². The number of hydrogen-bond donors (Lipinski definition) is 1. The smallest absolute Gasteiger partial charge is 0.224 e. The van der Waals surface area contributed by atoms with Gasteiger partial charge in [0, 0.05) is 17.3 Å². The minimum absolute atomic E-state index is 0.108. The molecule has 1 aromatic heterocycles. The van der Waals surface area contributed by atoms with Crippen molar-refractivity contribution in [1.82, 2.24) is 15.1 Å². The SMILES string of the molecule is Cc1nn(-c2ccc(F)cc2)c(C)c1CC(=O)NC1CC2CC1C1CCCC21. The number of carbonyl (C=O) groups is 1. The van der Waals surface area contributed by atoms with Crippen molar-refractivity contribution in [2.24, 2.45) is 23.7 Å². The molecule has 5 atom stereocenters. The lowest BCUT2D eigenvalue weighted by molar-refractivity contribution is -0.121. The molecule has 2 aromatic rings. The average molecular weight is 381 g/mol. The lowest BCUT2D eigenvalue weighted by atomic mass is 9.79. The third-order valence-corrected chi connectivity index (χ3v) is 7.62. The van der Waals surface area contributed by atoms with Crippen LogP contribution in [0.25, 0.3) is 5.69 Å². The first-order valence-electron chi connectivity index (χ1n) is 10.6. The van der Waals surface area contributed by atoms with Gasteiger partial charge in [0.05, 0.1) is 17.8 Å². The Kier molecular flexibility index (Phi) is 4.29. The highest BCUT2D eigenvalue weighted by Crippen LogP contribution is 2.58. The zero-order valence-corrected chi connectivity index (χ0v) is 16.6. The van der Waals surface area contributed by atoms with Crippen LogP contribution in [0.2, 0.25) is 0 Å². The number of nitrogens with one attached hydrogen (secondary N) is 1. The first kappa shape index (κ1) is 17.9. The fourth-order valence-corrected chi connectivity index (χ4v) is 6.42. The molecule has 28 heavy (non-hydrogen) atoms. The number of nitrogens with zero attached hydrogens (tertiary/aromatic N) is 2. The van der Waals surface area contributed by atoms with Crippen LogP contribution in [0.3, 0.4) is 0 Å². The molecule has 1 heterocycles. The van der Waals surface area contributed by atoms with Gasteiger partial charge in [0.25, 0.3) is 0 Å². The Morgan fingerprint density at radius 1 is 1.14 bits per heavy atom. The van der Waals surface area contributed by atoms with E-state index >= 15 is 0 Å². The van der Waals surface area contributed by atoms with Crippen molar-refractivity contribution in [3.05, 3.63) is 47.0 Å². The van der Waals surface area contributed by atoms with Crippen molar-refractivity contribution < 1.29 is 9.18 Å². The molecule has 3 fully saturated rings. The third-order valence-electron chi connectivity index (χ3n) is 7.62. The Hall–Kier alpha value is -2.17. The number of halogens is 1. The summed E-state index contributed by atoms with van der Waals surface area (Å²) in [6, 6.07) is 6.66. The van der Waals surface area contributed by atoms with Crippen LogP contribution < -0.4 is 5.32 Å². The van der Waals surface area contributed by atoms with Crippen LogP contribution in [0, 0.1) is 43.3 Å². The van der Waals surface area contributed by atoms with E-state index in [0.717, 1.165) is 40.4 Å². The van der Waals surface area contributed by atoms with Gasteiger partial charge >= 0.3 is 0 Å². The molecule has 3 aliphatic rings. The maximum atomic E-state index is 13.2. The quantitative estimate of drug-likeness (QED) is 0.866. The van der Waals surface area contributed by atoms with E-state index in [4.69, 9.17) is 0 Å². The number of hydrogen-bond acceptors (Lipinski definition) is 2. The number of rotatable bonds is 4. The molecule has 5 heteroatoms. The second kappa shape index (κ2) is 6.71. The van der Waals surface area contributed by atoms with Crippen LogP contribution in [0.1, 0.15) is 49.1 Å². The molecule has 5 unspecified atom stereocenters. The number of aromatic nitrogens is 2. The Bertz CT molecular complexity index is 903. The lowest BCUT2D eigenvalue weighted by Gasteiger charge is -2.32. The molecule has 148 valence electrons. The molecule has 0 saturated heterocycles. The largest absolute Gasteiger partial charge is 0.353 e. The van der Waals surface area contributed by atoms with Crippen molar-refractivity contribution >= 4 is 5.91 Å². The minimum atomic E-state index is -0.264. The van der Waals surface area contributed by atoms with Crippen LogP contribution in [-0.2, 0) is 11.2 Å². The van der Waals surface area contributed by atoms with Gasteiger partial charge in [-0.1, -0.05) is 6.42 Å².